The van der Waals surface area contributed by atoms with E-state index in [0.717, 1.165) is 16.3 Å². The minimum atomic E-state index is -0.166. The Morgan fingerprint density at radius 1 is 1.26 bits per heavy atom. The van der Waals surface area contributed by atoms with Gasteiger partial charge in [-0.3, -0.25) is 4.79 Å². The molecule has 118 valence electrons. The molecule has 23 heavy (non-hydrogen) atoms. The maximum Gasteiger partial charge on any atom is 0.270 e. The van der Waals surface area contributed by atoms with Crippen molar-refractivity contribution >= 4 is 17.2 Å². The number of hydrogen-bond donors (Lipinski definition) is 1. The first-order valence-electron chi connectivity index (χ1n) is 7.26. The molecule has 2 aromatic heterocycles. The van der Waals surface area contributed by atoms with E-state index < -0.39 is 0 Å². The van der Waals surface area contributed by atoms with Crippen molar-refractivity contribution in [2.75, 3.05) is 20.3 Å². The predicted molar refractivity (Wildman–Crippen MR) is 91.1 cm³/mol. The summed E-state index contributed by atoms with van der Waals surface area (Å²) >= 11 is 1.60. The topological polar surface area (TPSA) is 56.1 Å². The number of methoxy groups -OCH3 is 1. The van der Waals surface area contributed by atoms with Crippen LogP contribution >= 0.6 is 11.3 Å². The Morgan fingerprint density at radius 3 is 2.78 bits per heavy atom. The Balaban J connectivity index is 1.97. The number of nitrogens with zero attached hydrogens (tertiary/aromatic N) is 2. The van der Waals surface area contributed by atoms with E-state index in [4.69, 9.17) is 4.74 Å². The molecule has 0 aliphatic heterocycles. The molecule has 0 saturated heterocycles. The number of rotatable bonds is 6. The highest BCUT2D eigenvalue weighted by Crippen LogP contribution is 2.25. The number of hydrogen-bond acceptors (Lipinski definition) is 4. The Labute approximate surface area is 138 Å². The van der Waals surface area contributed by atoms with Crippen LogP contribution in [0.4, 0.5) is 0 Å². The first-order chi connectivity index (χ1) is 11.3. The predicted octanol–water partition coefficient (Wildman–Crippen LogP) is 2.98. The number of nitrogens with one attached hydrogen (secondary N) is 1. The van der Waals surface area contributed by atoms with Crippen molar-refractivity contribution in [3.8, 4) is 16.3 Å². The zero-order valence-corrected chi connectivity index (χ0v) is 13.5. The summed E-state index contributed by atoms with van der Waals surface area (Å²) in [6.45, 7) is 0.937. The summed E-state index contributed by atoms with van der Waals surface area (Å²) in [7, 11) is 1.61. The molecule has 3 rings (SSSR count). The molecule has 5 nitrogen and oxygen atoms in total. The van der Waals surface area contributed by atoms with Crippen LogP contribution in [0.3, 0.4) is 0 Å². The largest absolute Gasteiger partial charge is 0.383 e. The smallest absolute Gasteiger partial charge is 0.270 e. The Morgan fingerprint density at radius 2 is 2.09 bits per heavy atom. The molecule has 0 aliphatic carbocycles. The monoisotopic (exact) mass is 327 g/mol. The fraction of sp³-hybridized carbons (Fsp3) is 0.176. The Hall–Kier alpha value is -2.44. The van der Waals surface area contributed by atoms with E-state index in [1.807, 2.05) is 53.9 Å². The molecule has 6 heteroatoms. The van der Waals surface area contributed by atoms with E-state index in [0.29, 0.717) is 18.8 Å². The van der Waals surface area contributed by atoms with Gasteiger partial charge in [0, 0.05) is 13.7 Å². The third-order valence-electron chi connectivity index (χ3n) is 3.31. The van der Waals surface area contributed by atoms with Gasteiger partial charge in [-0.1, -0.05) is 24.3 Å². The van der Waals surface area contributed by atoms with Crippen molar-refractivity contribution in [2.24, 2.45) is 0 Å². The van der Waals surface area contributed by atoms with Crippen molar-refractivity contribution in [1.29, 1.82) is 0 Å². The number of amides is 1. The van der Waals surface area contributed by atoms with Crippen LogP contribution in [-0.4, -0.2) is 35.9 Å². The highest BCUT2D eigenvalue weighted by molar-refractivity contribution is 7.13. The molecule has 0 fully saturated rings. The van der Waals surface area contributed by atoms with Crippen molar-refractivity contribution in [3.63, 3.8) is 0 Å². The van der Waals surface area contributed by atoms with Crippen molar-refractivity contribution in [3.05, 3.63) is 59.6 Å². The van der Waals surface area contributed by atoms with Gasteiger partial charge in [0.1, 0.15) is 11.4 Å². The summed E-state index contributed by atoms with van der Waals surface area (Å²) in [5, 5.41) is 9.45. The molecule has 0 saturated carbocycles. The average molecular weight is 327 g/mol. The van der Waals surface area contributed by atoms with Gasteiger partial charge in [-0.05, 0) is 29.6 Å². The van der Waals surface area contributed by atoms with Crippen LogP contribution in [0.25, 0.3) is 16.3 Å². The van der Waals surface area contributed by atoms with Gasteiger partial charge in [-0.2, -0.15) is 5.10 Å². The number of ether oxygens (including phenoxy) is 1. The van der Waals surface area contributed by atoms with E-state index >= 15 is 0 Å². The van der Waals surface area contributed by atoms with Gasteiger partial charge in [0.25, 0.3) is 5.91 Å². The normalized spacial score (nSPS) is 10.7. The van der Waals surface area contributed by atoms with Crippen molar-refractivity contribution < 1.29 is 9.53 Å². The van der Waals surface area contributed by atoms with Crippen LogP contribution in [0.15, 0.2) is 53.9 Å². The number of carbonyl (C=O) groups excluding carboxylic acids is 1. The molecule has 0 unspecified atom stereocenters. The number of carbonyl (C=O) groups is 1. The van der Waals surface area contributed by atoms with Gasteiger partial charge in [-0.25, -0.2) is 4.68 Å². The number of aromatic nitrogens is 2. The van der Waals surface area contributed by atoms with Crippen LogP contribution in [0.2, 0.25) is 0 Å². The lowest BCUT2D eigenvalue weighted by molar-refractivity contribution is 0.0929. The van der Waals surface area contributed by atoms with Gasteiger partial charge >= 0.3 is 0 Å². The fourth-order valence-corrected chi connectivity index (χ4v) is 2.89. The molecule has 1 aromatic carbocycles. The van der Waals surface area contributed by atoms with Gasteiger partial charge in [0.15, 0.2) is 0 Å². The maximum atomic E-state index is 12.5. The van der Waals surface area contributed by atoms with Crippen LogP contribution < -0.4 is 5.32 Å². The highest BCUT2D eigenvalue weighted by atomic mass is 32.1. The molecule has 0 atom stereocenters. The molecule has 2 heterocycles. The van der Waals surface area contributed by atoms with Gasteiger partial charge in [0.2, 0.25) is 0 Å². The third-order valence-corrected chi connectivity index (χ3v) is 4.20. The van der Waals surface area contributed by atoms with Gasteiger partial charge in [-0.15, -0.1) is 11.3 Å². The van der Waals surface area contributed by atoms with E-state index in [1.54, 1.807) is 23.1 Å². The summed E-state index contributed by atoms with van der Waals surface area (Å²) in [6, 6.07) is 15.4. The SMILES string of the molecule is COCCNC(=O)c1cc(-c2cccs2)nn1-c1ccccc1. The lowest BCUT2D eigenvalue weighted by atomic mass is 10.3. The molecular formula is C17H17N3O2S. The molecule has 1 amide bonds. The number of benzene rings is 1. The molecule has 0 bridgehead atoms. The molecule has 0 aliphatic rings. The summed E-state index contributed by atoms with van der Waals surface area (Å²) in [4.78, 5) is 13.5. The fourth-order valence-electron chi connectivity index (χ4n) is 2.21. The lowest BCUT2D eigenvalue weighted by Crippen LogP contribution is -2.28. The first kappa shape index (κ1) is 15.5. The van der Waals surface area contributed by atoms with Crippen molar-refractivity contribution in [2.45, 2.75) is 0 Å². The molecule has 3 aromatic rings. The van der Waals surface area contributed by atoms with Crippen LogP contribution in [0.5, 0.6) is 0 Å². The zero-order valence-electron chi connectivity index (χ0n) is 12.7. The quantitative estimate of drug-likeness (QED) is 0.708. The molecule has 0 spiro atoms. The second-order valence-corrected chi connectivity index (χ2v) is 5.84. The summed E-state index contributed by atoms with van der Waals surface area (Å²) < 4.78 is 6.65. The minimum Gasteiger partial charge on any atom is -0.383 e. The van der Waals surface area contributed by atoms with Crippen LogP contribution in [-0.2, 0) is 4.74 Å². The lowest BCUT2D eigenvalue weighted by Gasteiger charge is -2.07. The zero-order chi connectivity index (χ0) is 16.1. The average Bonchev–Trinajstić information content (AvgIpc) is 3.25. The molecule has 1 N–H and O–H groups in total. The summed E-state index contributed by atoms with van der Waals surface area (Å²) in [5.74, 6) is -0.166. The van der Waals surface area contributed by atoms with E-state index in [2.05, 4.69) is 10.4 Å². The first-order valence-corrected chi connectivity index (χ1v) is 8.14. The van der Waals surface area contributed by atoms with Crippen LogP contribution in [0, 0.1) is 0 Å². The maximum absolute atomic E-state index is 12.5. The number of thiophene rings is 1. The van der Waals surface area contributed by atoms with Crippen molar-refractivity contribution in [1.82, 2.24) is 15.1 Å². The summed E-state index contributed by atoms with van der Waals surface area (Å²) in [5.41, 5.74) is 2.16. The van der Waals surface area contributed by atoms with Gasteiger partial charge in [0.05, 0.1) is 17.2 Å². The second-order valence-electron chi connectivity index (χ2n) is 4.89. The standard InChI is InChI=1S/C17H17N3O2S/c1-22-10-9-18-17(21)15-12-14(16-8-5-11-23-16)19-20(15)13-6-3-2-4-7-13/h2-8,11-12H,9-10H2,1H3,(H,18,21). The Kier molecular flexibility index (Phi) is 4.85. The second kappa shape index (κ2) is 7.21. The minimum absolute atomic E-state index is 0.166. The van der Waals surface area contributed by atoms with E-state index in [1.165, 1.54) is 0 Å². The van der Waals surface area contributed by atoms with Crippen LogP contribution in [0.1, 0.15) is 10.5 Å². The van der Waals surface area contributed by atoms with E-state index in [9.17, 15) is 4.79 Å². The molecule has 0 radical (unpaired) electrons. The van der Waals surface area contributed by atoms with Gasteiger partial charge < -0.3 is 10.1 Å². The molecular weight excluding hydrogens is 310 g/mol. The third kappa shape index (κ3) is 3.49. The Bertz CT molecular complexity index is 767. The van der Waals surface area contributed by atoms with E-state index in [-0.39, 0.29) is 5.91 Å². The summed E-state index contributed by atoms with van der Waals surface area (Å²) in [6.07, 6.45) is 0. The number of para-hydroxylation sites is 1. The highest BCUT2D eigenvalue weighted by Gasteiger charge is 2.17.